The highest BCUT2D eigenvalue weighted by Gasteiger charge is 2.21. The highest BCUT2D eigenvalue weighted by molar-refractivity contribution is 5.77. The number of benzene rings is 1. The summed E-state index contributed by atoms with van der Waals surface area (Å²) in [5.74, 6) is 0.355. The molecule has 0 spiro atoms. The fraction of sp³-hybridized carbons (Fsp3) is 0.500. The molecule has 1 aromatic rings. The van der Waals surface area contributed by atoms with E-state index in [1.807, 2.05) is 42.5 Å². The number of nitrogens with one attached hydrogen (secondary N) is 1. The summed E-state index contributed by atoms with van der Waals surface area (Å²) in [5.41, 5.74) is 1.12. The van der Waals surface area contributed by atoms with Crippen molar-refractivity contribution in [1.29, 1.82) is 0 Å². The Bertz CT molecular complexity index is 464. The van der Waals surface area contributed by atoms with Gasteiger partial charge in [0, 0.05) is 12.6 Å². The Hall–Kier alpha value is -1.65. The molecule has 0 aliphatic heterocycles. The Morgan fingerprint density at radius 1 is 1.23 bits per heavy atom. The third-order valence-corrected chi connectivity index (χ3v) is 4.03. The highest BCUT2D eigenvalue weighted by atomic mass is 16.5. The van der Waals surface area contributed by atoms with Gasteiger partial charge in [-0.15, -0.1) is 0 Å². The first kappa shape index (κ1) is 16.7. The molecule has 1 aromatic carbocycles. The molecule has 1 aliphatic carbocycles. The Kier molecular flexibility index (Phi) is 7.13. The molecular formula is C18H25NO3. The van der Waals surface area contributed by atoms with Crippen molar-refractivity contribution in [3.63, 3.8) is 0 Å². The summed E-state index contributed by atoms with van der Waals surface area (Å²) in [7, 11) is 0. The number of hydrogen-bond donors (Lipinski definition) is 2. The minimum Gasteiger partial charge on any atom is -0.396 e. The van der Waals surface area contributed by atoms with Gasteiger partial charge in [0.25, 0.3) is 0 Å². The molecule has 4 nitrogen and oxygen atoms in total. The quantitative estimate of drug-likeness (QED) is 0.760. The molecule has 0 heterocycles. The number of rotatable bonds is 7. The Morgan fingerprint density at radius 3 is 2.64 bits per heavy atom. The number of aliphatic hydroxyl groups is 1. The Balaban J connectivity index is 1.57. The van der Waals surface area contributed by atoms with E-state index >= 15 is 0 Å². The average molecular weight is 303 g/mol. The van der Waals surface area contributed by atoms with Crippen LogP contribution in [0.2, 0.25) is 0 Å². The lowest BCUT2D eigenvalue weighted by molar-refractivity contribution is -0.126. The topological polar surface area (TPSA) is 58.6 Å². The van der Waals surface area contributed by atoms with Crippen molar-refractivity contribution in [1.82, 2.24) is 5.32 Å². The van der Waals surface area contributed by atoms with Crippen molar-refractivity contribution in [2.75, 3.05) is 19.8 Å². The zero-order valence-corrected chi connectivity index (χ0v) is 12.9. The summed E-state index contributed by atoms with van der Waals surface area (Å²) in [6.45, 7) is 0.788. The van der Waals surface area contributed by atoms with Gasteiger partial charge in [0.05, 0.1) is 6.61 Å². The van der Waals surface area contributed by atoms with Crippen LogP contribution in [0.4, 0.5) is 0 Å². The standard InChI is InChI=1S/C18H25NO3/c20-13-16-8-10-17(11-9-16)19-18(21)14-22-12-4-7-15-5-2-1-3-6-15/h1-7,16-17,20H,8-14H2,(H,19,21)/b7-4+. The van der Waals surface area contributed by atoms with Gasteiger partial charge in [0.15, 0.2) is 0 Å². The van der Waals surface area contributed by atoms with Gasteiger partial charge < -0.3 is 15.2 Å². The highest BCUT2D eigenvalue weighted by Crippen LogP contribution is 2.23. The first-order chi connectivity index (χ1) is 10.8. The molecule has 2 rings (SSSR count). The molecule has 0 unspecified atom stereocenters. The predicted octanol–water partition coefficient (Wildman–Crippen LogP) is 2.38. The van der Waals surface area contributed by atoms with Crippen molar-refractivity contribution < 1.29 is 14.6 Å². The third-order valence-electron chi connectivity index (χ3n) is 4.03. The smallest absolute Gasteiger partial charge is 0.246 e. The van der Waals surface area contributed by atoms with Crippen LogP contribution >= 0.6 is 0 Å². The summed E-state index contributed by atoms with van der Waals surface area (Å²) in [5, 5.41) is 12.1. The lowest BCUT2D eigenvalue weighted by Crippen LogP contribution is -2.39. The molecule has 0 saturated heterocycles. The maximum absolute atomic E-state index is 11.8. The Labute approximate surface area is 132 Å². The second kappa shape index (κ2) is 9.38. The molecule has 1 aliphatic rings. The fourth-order valence-electron chi connectivity index (χ4n) is 2.73. The SMILES string of the molecule is O=C(COC/C=C/c1ccccc1)NC1CCC(CO)CC1. The van der Waals surface area contributed by atoms with Crippen molar-refractivity contribution in [3.05, 3.63) is 42.0 Å². The van der Waals surface area contributed by atoms with Gasteiger partial charge in [0.1, 0.15) is 6.61 Å². The third kappa shape index (κ3) is 6.00. The van der Waals surface area contributed by atoms with Crippen LogP contribution in [-0.2, 0) is 9.53 Å². The number of amides is 1. The van der Waals surface area contributed by atoms with Gasteiger partial charge in [-0.3, -0.25) is 4.79 Å². The van der Waals surface area contributed by atoms with Gasteiger partial charge in [-0.2, -0.15) is 0 Å². The number of carbonyl (C=O) groups excluding carboxylic acids is 1. The molecular weight excluding hydrogens is 278 g/mol. The van der Waals surface area contributed by atoms with E-state index in [-0.39, 0.29) is 25.2 Å². The second-order valence-electron chi connectivity index (χ2n) is 5.80. The van der Waals surface area contributed by atoms with Gasteiger partial charge >= 0.3 is 0 Å². The van der Waals surface area contributed by atoms with Crippen LogP contribution in [0.3, 0.4) is 0 Å². The van der Waals surface area contributed by atoms with Crippen LogP contribution < -0.4 is 5.32 Å². The molecule has 1 saturated carbocycles. The van der Waals surface area contributed by atoms with E-state index in [1.165, 1.54) is 0 Å². The fourth-order valence-corrected chi connectivity index (χ4v) is 2.73. The summed E-state index contributed by atoms with van der Waals surface area (Å²) < 4.78 is 5.36. The van der Waals surface area contributed by atoms with Crippen molar-refractivity contribution in [2.45, 2.75) is 31.7 Å². The van der Waals surface area contributed by atoms with Crippen LogP contribution in [0.25, 0.3) is 6.08 Å². The lowest BCUT2D eigenvalue weighted by atomic mass is 9.86. The van der Waals surface area contributed by atoms with Crippen LogP contribution in [0.15, 0.2) is 36.4 Å². The number of hydrogen-bond acceptors (Lipinski definition) is 3. The van der Waals surface area contributed by atoms with Crippen LogP contribution in [0, 0.1) is 5.92 Å². The van der Waals surface area contributed by atoms with Crippen LogP contribution in [0.1, 0.15) is 31.2 Å². The summed E-state index contributed by atoms with van der Waals surface area (Å²) in [4.78, 5) is 11.8. The predicted molar refractivity (Wildman–Crippen MR) is 87.3 cm³/mol. The molecule has 4 heteroatoms. The molecule has 0 radical (unpaired) electrons. The first-order valence-corrected chi connectivity index (χ1v) is 7.97. The van der Waals surface area contributed by atoms with Crippen molar-refractivity contribution in [3.8, 4) is 0 Å². The molecule has 0 aromatic heterocycles. The molecule has 1 fully saturated rings. The number of carbonyl (C=O) groups is 1. The van der Waals surface area contributed by atoms with Crippen molar-refractivity contribution in [2.24, 2.45) is 5.92 Å². The maximum atomic E-state index is 11.8. The van der Waals surface area contributed by atoms with Crippen LogP contribution in [-0.4, -0.2) is 36.9 Å². The molecule has 0 atom stereocenters. The van der Waals surface area contributed by atoms with Gasteiger partial charge in [-0.1, -0.05) is 42.5 Å². The van der Waals surface area contributed by atoms with E-state index < -0.39 is 0 Å². The normalized spacial score (nSPS) is 21.9. The average Bonchev–Trinajstić information content (AvgIpc) is 2.56. The molecule has 1 amide bonds. The minimum absolute atomic E-state index is 0.0550. The van der Waals surface area contributed by atoms with Gasteiger partial charge in [-0.05, 0) is 37.2 Å². The van der Waals surface area contributed by atoms with E-state index in [1.54, 1.807) is 0 Å². The molecule has 0 bridgehead atoms. The zero-order valence-electron chi connectivity index (χ0n) is 12.9. The van der Waals surface area contributed by atoms with E-state index in [9.17, 15) is 4.79 Å². The van der Waals surface area contributed by atoms with Crippen molar-refractivity contribution >= 4 is 12.0 Å². The number of ether oxygens (including phenoxy) is 1. The Morgan fingerprint density at radius 2 is 1.95 bits per heavy atom. The van der Waals surface area contributed by atoms with E-state index in [0.29, 0.717) is 12.5 Å². The molecule has 22 heavy (non-hydrogen) atoms. The largest absolute Gasteiger partial charge is 0.396 e. The summed E-state index contributed by atoms with van der Waals surface area (Å²) >= 11 is 0. The van der Waals surface area contributed by atoms with E-state index in [4.69, 9.17) is 9.84 Å². The number of aliphatic hydroxyl groups excluding tert-OH is 1. The molecule has 120 valence electrons. The zero-order chi connectivity index (χ0) is 15.6. The second-order valence-corrected chi connectivity index (χ2v) is 5.80. The first-order valence-electron chi connectivity index (χ1n) is 7.97. The minimum atomic E-state index is -0.0550. The van der Waals surface area contributed by atoms with Gasteiger partial charge in [-0.25, -0.2) is 0 Å². The summed E-state index contributed by atoms with van der Waals surface area (Å²) in [6, 6.07) is 10.2. The van der Waals surface area contributed by atoms with E-state index in [0.717, 1.165) is 31.2 Å². The van der Waals surface area contributed by atoms with Crippen LogP contribution in [0.5, 0.6) is 0 Å². The lowest BCUT2D eigenvalue weighted by Gasteiger charge is -2.27. The van der Waals surface area contributed by atoms with E-state index in [2.05, 4.69) is 5.32 Å². The molecule has 2 N–H and O–H groups in total. The van der Waals surface area contributed by atoms with Gasteiger partial charge in [0.2, 0.25) is 5.91 Å². The summed E-state index contributed by atoms with van der Waals surface area (Å²) in [6.07, 6.45) is 7.77. The maximum Gasteiger partial charge on any atom is 0.246 e. The monoisotopic (exact) mass is 303 g/mol.